The molecule has 0 aliphatic rings. The molecule has 16 heavy (non-hydrogen) atoms. The minimum Gasteiger partial charge on any atom is -0.411 e. The fourth-order valence-corrected chi connectivity index (χ4v) is 1.68. The summed E-state index contributed by atoms with van der Waals surface area (Å²) in [7, 11) is 0. The molecule has 0 heterocycles. The van der Waals surface area contributed by atoms with E-state index in [0.29, 0.717) is 5.92 Å². The molecule has 0 spiro atoms. The van der Waals surface area contributed by atoms with Crippen molar-refractivity contribution in [1.29, 1.82) is 0 Å². The van der Waals surface area contributed by atoms with Gasteiger partial charge in [0.25, 0.3) is 0 Å². The van der Waals surface area contributed by atoms with Crippen LogP contribution in [0.2, 0.25) is 0 Å². The monoisotopic (exact) mass is 225 g/mol. The standard InChI is InChI=1S/C14H27NO/c1-10(2)8-9-12(5)13(15-16)14(6,7)11(3)4/h8,11-12,16H,9H2,1-7H3/b15-13-. The minimum atomic E-state index is -0.0519. The van der Waals surface area contributed by atoms with Gasteiger partial charge in [0.2, 0.25) is 0 Å². The molecule has 0 aliphatic carbocycles. The molecule has 0 aliphatic heterocycles. The molecule has 2 nitrogen and oxygen atoms in total. The highest BCUT2D eigenvalue weighted by Gasteiger charge is 2.32. The van der Waals surface area contributed by atoms with Gasteiger partial charge in [0.1, 0.15) is 0 Å². The van der Waals surface area contributed by atoms with Gasteiger partial charge in [-0.25, -0.2) is 0 Å². The second-order valence-electron chi connectivity index (χ2n) is 5.78. The summed E-state index contributed by atoms with van der Waals surface area (Å²) in [5.41, 5.74) is 2.16. The smallest absolute Gasteiger partial charge is 0.0660 e. The third-order valence-electron chi connectivity index (χ3n) is 3.56. The average Bonchev–Trinajstić information content (AvgIpc) is 2.15. The van der Waals surface area contributed by atoms with Crippen LogP contribution >= 0.6 is 0 Å². The predicted molar refractivity (Wildman–Crippen MR) is 71.1 cm³/mol. The van der Waals surface area contributed by atoms with E-state index in [1.54, 1.807) is 0 Å². The zero-order chi connectivity index (χ0) is 12.9. The van der Waals surface area contributed by atoms with Crippen molar-refractivity contribution in [2.45, 2.75) is 54.9 Å². The predicted octanol–water partition coefficient (Wildman–Crippen LogP) is 4.49. The summed E-state index contributed by atoms with van der Waals surface area (Å²) >= 11 is 0. The Labute approximate surface area is 100 Å². The Hall–Kier alpha value is -0.790. The average molecular weight is 225 g/mol. The highest BCUT2D eigenvalue weighted by atomic mass is 16.4. The van der Waals surface area contributed by atoms with Crippen LogP contribution in [0.25, 0.3) is 0 Å². The SMILES string of the molecule is CC(C)=CCC(C)/C(=N/O)C(C)(C)C(C)C. The number of nitrogens with zero attached hydrogens (tertiary/aromatic N) is 1. The molecule has 0 rings (SSSR count). The molecule has 0 radical (unpaired) electrons. The second kappa shape index (κ2) is 6.07. The molecule has 1 unspecified atom stereocenters. The molecule has 0 aromatic rings. The minimum absolute atomic E-state index is 0.0519. The Kier molecular flexibility index (Phi) is 5.77. The van der Waals surface area contributed by atoms with Crippen LogP contribution in [0.1, 0.15) is 54.9 Å². The third-order valence-corrected chi connectivity index (χ3v) is 3.56. The first-order valence-corrected chi connectivity index (χ1v) is 6.09. The van der Waals surface area contributed by atoms with E-state index >= 15 is 0 Å². The first kappa shape index (κ1) is 15.2. The van der Waals surface area contributed by atoms with Crippen LogP contribution in [0, 0.1) is 17.3 Å². The zero-order valence-electron chi connectivity index (χ0n) is 11.8. The van der Waals surface area contributed by atoms with Crippen LogP contribution in [0.4, 0.5) is 0 Å². The van der Waals surface area contributed by atoms with Crippen molar-refractivity contribution < 1.29 is 5.21 Å². The van der Waals surface area contributed by atoms with Gasteiger partial charge < -0.3 is 5.21 Å². The lowest BCUT2D eigenvalue weighted by atomic mass is 9.72. The van der Waals surface area contributed by atoms with E-state index in [9.17, 15) is 5.21 Å². The number of rotatable bonds is 5. The van der Waals surface area contributed by atoms with E-state index < -0.39 is 0 Å². The largest absolute Gasteiger partial charge is 0.411 e. The van der Waals surface area contributed by atoms with E-state index in [1.165, 1.54) is 5.57 Å². The number of oxime groups is 1. The summed E-state index contributed by atoms with van der Waals surface area (Å²) in [6.07, 6.45) is 3.14. The Balaban J connectivity index is 4.83. The van der Waals surface area contributed by atoms with Crippen LogP contribution in [-0.4, -0.2) is 10.9 Å². The van der Waals surface area contributed by atoms with Crippen molar-refractivity contribution in [1.82, 2.24) is 0 Å². The number of hydrogen-bond acceptors (Lipinski definition) is 2. The van der Waals surface area contributed by atoms with Crippen LogP contribution in [-0.2, 0) is 0 Å². The summed E-state index contributed by atoms with van der Waals surface area (Å²) in [6, 6.07) is 0. The van der Waals surface area contributed by atoms with Gasteiger partial charge in [-0.15, -0.1) is 0 Å². The topological polar surface area (TPSA) is 32.6 Å². The van der Waals surface area contributed by atoms with Gasteiger partial charge in [-0.2, -0.15) is 0 Å². The summed E-state index contributed by atoms with van der Waals surface area (Å²) in [6.45, 7) is 14.9. The normalized spacial score (nSPS) is 15.1. The van der Waals surface area contributed by atoms with E-state index in [2.05, 4.69) is 59.7 Å². The molecule has 0 aromatic heterocycles. The molecule has 0 saturated carbocycles. The van der Waals surface area contributed by atoms with E-state index in [0.717, 1.165) is 12.1 Å². The number of hydrogen-bond donors (Lipinski definition) is 1. The van der Waals surface area contributed by atoms with E-state index in [1.807, 2.05) is 0 Å². The zero-order valence-corrected chi connectivity index (χ0v) is 11.8. The van der Waals surface area contributed by atoms with Gasteiger partial charge in [0, 0.05) is 11.3 Å². The Morgan fingerprint density at radius 2 is 1.75 bits per heavy atom. The number of allylic oxidation sites excluding steroid dienone is 2. The van der Waals surface area contributed by atoms with Gasteiger partial charge >= 0.3 is 0 Å². The van der Waals surface area contributed by atoms with Crippen LogP contribution in [0.3, 0.4) is 0 Å². The van der Waals surface area contributed by atoms with Crippen LogP contribution < -0.4 is 0 Å². The van der Waals surface area contributed by atoms with Gasteiger partial charge in [-0.05, 0) is 26.2 Å². The molecule has 0 bridgehead atoms. The second-order valence-corrected chi connectivity index (χ2v) is 5.78. The lowest BCUT2D eigenvalue weighted by Crippen LogP contribution is -2.34. The van der Waals surface area contributed by atoms with Gasteiger partial charge in [0.15, 0.2) is 0 Å². The fraction of sp³-hybridized carbons (Fsp3) is 0.786. The molecular weight excluding hydrogens is 198 g/mol. The van der Waals surface area contributed by atoms with Gasteiger partial charge in [-0.1, -0.05) is 51.4 Å². The van der Waals surface area contributed by atoms with Crippen molar-refractivity contribution in [3.63, 3.8) is 0 Å². The van der Waals surface area contributed by atoms with E-state index in [4.69, 9.17) is 0 Å². The third kappa shape index (κ3) is 3.99. The summed E-state index contributed by atoms with van der Waals surface area (Å²) in [4.78, 5) is 0. The lowest BCUT2D eigenvalue weighted by molar-refractivity contribution is 0.282. The first-order valence-electron chi connectivity index (χ1n) is 6.09. The van der Waals surface area contributed by atoms with Crippen molar-refractivity contribution in [3.05, 3.63) is 11.6 Å². The summed E-state index contributed by atoms with van der Waals surface area (Å²) in [5, 5.41) is 12.8. The van der Waals surface area contributed by atoms with Crippen molar-refractivity contribution in [3.8, 4) is 0 Å². The van der Waals surface area contributed by atoms with E-state index in [-0.39, 0.29) is 11.3 Å². The molecule has 94 valence electrons. The lowest BCUT2D eigenvalue weighted by Gasteiger charge is -2.33. The Bertz CT molecular complexity index is 270. The summed E-state index contributed by atoms with van der Waals surface area (Å²) in [5.74, 6) is 0.754. The Morgan fingerprint density at radius 1 is 1.25 bits per heavy atom. The van der Waals surface area contributed by atoms with Crippen LogP contribution in [0.5, 0.6) is 0 Å². The first-order chi connectivity index (χ1) is 7.23. The molecule has 0 amide bonds. The highest BCUT2D eigenvalue weighted by molar-refractivity contribution is 5.91. The van der Waals surface area contributed by atoms with Crippen molar-refractivity contribution >= 4 is 5.71 Å². The quantitative estimate of drug-likeness (QED) is 0.318. The van der Waals surface area contributed by atoms with Crippen molar-refractivity contribution in [2.75, 3.05) is 0 Å². The molecule has 0 aromatic carbocycles. The molecule has 2 heteroatoms. The van der Waals surface area contributed by atoms with Crippen molar-refractivity contribution in [2.24, 2.45) is 22.4 Å². The maximum absolute atomic E-state index is 9.21. The molecular formula is C14H27NO. The molecule has 1 N–H and O–H groups in total. The molecule has 0 saturated heterocycles. The molecule has 0 fully saturated rings. The maximum atomic E-state index is 9.21. The highest BCUT2D eigenvalue weighted by Crippen LogP contribution is 2.32. The summed E-state index contributed by atoms with van der Waals surface area (Å²) < 4.78 is 0. The fourth-order valence-electron chi connectivity index (χ4n) is 1.68. The molecule has 1 atom stereocenters. The van der Waals surface area contributed by atoms with Gasteiger partial charge in [0.05, 0.1) is 5.71 Å². The maximum Gasteiger partial charge on any atom is 0.0660 e. The van der Waals surface area contributed by atoms with Crippen LogP contribution in [0.15, 0.2) is 16.8 Å². The van der Waals surface area contributed by atoms with Gasteiger partial charge in [-0.3, -0.25) is 0 Å². The Morgan fingerprint density at radius 3 is 2.06 bits per heavy atom.